The van der Waals surface area contributed by atoms with Gasteiger partial charge in [-0.25, -0.2) is 0 Å². The Labute approximate surface area is 214 Å². The lowest BCUT2D eigenvalue weighted by Gasteiger charge is -2.34. The van der Waals surface area contributed by atoms with E-state index in [4.69, 9.17) is 9.47 Å². The summed E-state index contributed by atoms with van der Waals surface area (Å²) in [6, 6.07) is 16.7. The fraction of sp³-hybridized carbons (Fsp3) is 0.480. The lowest BCUT2D eigenvalue weighted by Crippen LogP contribution is -2.45. The molecule has 2 aliphatic rings. The molecule has 1 atom stereocenters. The zero-order valence-corrected chi connectivity index (χ0v) is 22.0. The number of nitrogens with zero attached hydrogens (tertiary/aromatic N) is 3. The summed E-state index contributed by atoms with van der Waals surface area (Å²) < 4.78 is 11.8. The van der Waals surface area contributed by atoms with Gasteiger partial charge in [-0.3, -0.25) is 9.89 Å². The lowest BCUT2D eigenvalue weighted by molar-refractivity contribution is 0.0936. The molecule has 0 saturated carbocycles. The van der Waals surface area contributed by atoms with Gasteiger partial charge in [0.2, 0.25) is 0 Å². The minimum absolute atomic E-state index is 0. The molecule has 0 spiro atoms. The molecule has 33 heavy (non-hydrogen) atoms. The highest BCUT2D eigenvalue weighted by Crippen LogP contribution is 2.30. The highest BCUT2D eigenvalue weighted by atomic mass is 127. The first-order valence-electron chi connectivity index (χ1n) is 11.6. The lowest BCUT2D eigenvalue weighted by atomic mass is 10.1. The van der Waals surface area contributed by atoms with E-state index in [1.54, 1.807) is 7.05 Å². The Morgan fingerprint density at radius 3 is 2.30 bits per heavy atom. The number of benzene rings is 2. The minimum atomic E-state index is -0.0538. The van der Waals surface area contributed by atoms with E-state index >= 15 is 0 Å². The van der Waals surface area contributed by atoms with Crippen LogP contribution in [-0.2, 0) is 13.1 Å². The number of para-hydroxylation sites is 2. The number of aliphatic imine (C=N–C) groups is 1. The van der Waals surface area contributed by atoms with Crippen molar-refractivity contribution in [2.45, 2.75) is 26.1 Å². The predicted octanol–water partition coefficient (Wildman–Crippen LogP) is 2.95. The molecule has 0 amide bonds. The normalized spacial score (nSPS) is 19.0. The number of ether oxygens (including phenoxy) is 2. The van der Waals surface area contributed by atoms with Gasteiger partial charge in [0.15, 0.2) is 17.5 Å². The highest BCUT2D eigenvalue weighted by molar-refractivity contribution is 14.0. The maximum absolute atomic E-state index is 6.00. The van der Waals surface area contributed by atoms with Crippen LogP contribution < -0.4 is 20.1 Å². The van der Waals surface area contributed by atoms with Gasteiger partial charge in [-0.1, -0.05) is 43.3 Å². The van der Waals surface area contributed by atoms with Gasteiger partial charge in [0.1, 0.15) is 12.7 Å². The third-order valence-electron chi connectivity index (χ3n) is 6.09. The van der Waals surface area contributed by atoms with Crippen LogP contribution in [0, 0.1) is 0 Å². The van der Waals surface area contributed by atoms with Crippen LogP contribution >= 0.6 is 24.0 Å². The zero-order chi connectivity index (χ0) is 22.2. The van der Waals surface area contributed by atoms with Gasteiger partial charge in [-0.2, -0.15) is 0 Å². The molecule has 4 rings (SSSR count). The first-order valence-corrected chi connectivity index (χ1v) is 11.6. The standard InChI is InChI=1S/C25H35N5O2.HI/c1-3-29-12-14-30(15-13-29)18-21-10-8-20(9-11-21)16-27-25(26-2)28-17-22-19-31-23-6-4-5-7-24(23)32-22;/h4-11,22H,3,12-19H2,1-2H3,(H2,26,27,28);1H. The molecule has 1 saturated heterocycles. The average molecular weight is 566 g/mol. The number of hydrogen-bond donors (Lipinski definition) is 2. The smallest absolute Gasteiger partial charge is 0.191 e. The molecule has 2 heterocycles. The summed E-state index contributed by atoms with van der Waals surface area (Å²) in [6.45, 7) is 11.0. The molecule has 180 valence electrons. The van der Waals surface area contributed by atoms with E-state index in [2.05, 4.69) is 56.6 Å². The number of hydrogen-bond acceptors (Lipinski definition) is 5. The number of nitrogens with one attached hydrogen (secondary N) is 2. The Balaban J connectivity index is 0.00000306. The summed E-state index contributed by atoms with van der Waals surface area (Å²) in [6.07, 6.45) is -0.0538. The summed E-state index contributed by atoms with van der Waals surface area (Å²) in [7, 11) is 1.78. The largest absolute Gasteiger partial charge is 0.486 e. The molecule has 0 radical (unpaired) electrons. The number of piperazine rings is 1. The first-order chi connectivity index (χ1) is 15.7. The van der Waals surface area contributed by atoms with Crippen molar-refractivity contribution >= 4 is 29.9 Å². The Kier molecular flexibility index (Phi) is 10.1. The van der Waals surface area contributed by atoms with Crippen LogP contribution in [-0.4, -0.2) is 74.8 Å². The van der Waals surface area contributed by atoms with Gasteiger partial charge in [0.05, 0.1) is 6.54 Å². The molecular weight excluding hydrogens is 529 g/mol. The Hall–Kier alpha value is -2.04. The summed E-state index contributed by atoms with van der Waals surface area (Å²) in [5.41, 5.74) is 2.61. The van der Waals surface area contributed by atoms with E-state index < -0.39 is 0 Å². The van der Waals surface area contributed by atoms with Crippen LogP contribution in [0.4, 0.5) is 0 Å². The number of rotatable bonds is 7. The summed E-state index contributed by atoms with van der Waals surface area (Å²) in [5.74, 6) is 2.35. The van der Waals surface area contributed by atoms with Gasteiger partial charge in [0.25, 0.3) is 0 Å². The highest BCUT2D eigenvalue weighted by Gasteiger charge is 2.20. The molecule has 0 bridgehead atoms. The fourth-order valence-corrected chi connectivity index (χ4v) is 4.06. The number of fused-ring (bicyclic) bond motifs is 1. The monoisotopic (exact) mass is 565 g/mol. The molecular formula is C25H36IN5O2. The van der Waals surface area contributed by atoms with Crippen LogP contribution in [0.2, 0.25) is 0 Å². The molecule has 7 nitrogen and oxygen atoms in total. The van der Waals surface area contributed by atoms with E-state index in [1.165, 1.54) is 24.2 Å². The van der Waals surface area contributed by atoms with Gasteiger partial charge in [0, 0.05) is 46.3 Å². The van der Waals surface area contributed by atoms with Gasteiger partial charge in [-0.15, -0.1) is 24.0 Å². The molecule has 8 heteroatoms. The minimum Gasteiger partial charge on any atom is -0.486 e. The van der Waals surface area contributed by atoms with Crippen molar-refractivity contribution in [3.05, 3.63) is 59.7 Å². The summed E-state index contributed by atoms with van der Waals surface area (Å²) in [4.78, 5) is 9.38. The van der Waals surface area contributed by atoms with Crippen LogP contribution in [0.3, 0.4) is 0 Å². The van der Waals surface area contributed by atoms with Crippen molar-refractivity contribution in [1.29, 1.82) is 0 Å². The third kappa shape index (κ3) is 7.48. The van der Waals surface area contributed by atoms with Gasteiger partial charge >= 0.3 is 0 Å². The third-order valence-corrected chi connectivity index (χ3v) is 6.09. The maximum atomic E-state index is 6.00. The molecule has 0 aromatic heterocycles. The van der Waals surface area contributed by atoms with Crippen LogP contribution in [0.15, 0.2) is 53.5 Å². The number of guanidine groups is 1. The van der Waals surface area contributed by atoms with Crippen LogP contribution in [0.25, 0.3) is 0 Å². The van der Waals surface area contributed by atoms with E-state index in [-0.39, 0.29) is 30.1 Å². The SMILES string of the molecule is CCN1CCN(Cc2ccc(CNC(=NC)NCC3COc4ccccc4O3)cc2)CC1.I. The van der Waals surface area contributed by atoms with Crippen molar-refractivity contribution in [3.63, 3.8) is 0 Å². The van der Waals surface area contributed by atoms with Crippen LogP contribution in [0.5, 0.6) is 11.5 Å². The molecule has 0 aliphatic carbocycles. The Morgan fingerprint density at radius 1 is 0.939 bits per heavy atom. The summed E-state index contributed by atoms with van der Waals surface area (Å²) >= 11 is 0. The van der Waals surface area contributed by atoms with Crippen molar-refractivity contribution in [2.75, 3.05) is 52.9 Å². The average Bonchev–Trinajstić information content (AvgIpc) is 2.85. The topological polar surface area (TPSA) is 61.4 Å². The van der Waals surface area contributed by atoms with Gasteiger partial charge < -0.3 is 25.0 Å². The molecule has 1 unspecified atom stereocenters. The molecule has 2 aromatic carbocycles. The van der Waals surface area contributed by atoms with Crippen molar-refractivity contribution in [3.8, 4) is 11.5 Å². The molecule has 1 fully saturated rings. The second-order valence-electron chi connectivity index (χ2n) is 8.33. The van der Waals surface area contributed by atoms with E-state index in [9.17, 15) is 0 Å². The maximum Gasteiger partial charge on any atom is 0.191 e. The zero-order valence-electron chi connectivity index (χ0n) is 19.6. The Bertz CT molecular complexity index is 885. The predicted molar refractivity (Wildman–Crippen MR) is 144 cm³/mol. The van der Waals surface area contributed by atoms with Crippen molar-refractivity contribution in [2.24, 2.45) is 4.99 Å². The number of halogens is 1. The second kappa shape index (κ2) is 13.0. The van der Waals surface area contributed by atoms with Crippen molar-refractivity contribution in [1.82, 2.24) is 20.4 Å². The van der Waals surface area contributed by atoms with E-state index in [1.807, 2.05) is 24.3 Å². The first kappa shape index (κ1) is 25.6. The molecule has 2 aliphatic heterocycles. The number of likely N-dealkylation sites (N-methyl/N-ethyl adjacent to an activating group) is 1. The van der Waals surface area contributed by atoms with E-state index in [0.29, 0.717) is 13.2 Å². The summed E-state index contributed by atoms with van der Waals surface area (Å²) in [5, 5.41) is 6.72. The second-order valence-corrected chi connectivity index (χ2v) is 8.33. The fourth-order valence-electron chi connectivity index (χ4n) is 4.06. The van der Waals surface area contributed by atoms with E-state index in [0.717, 1.165) is 50.2 Å². The van der Waals surface area contributed by atoms with Crippen molar-refractivity contribution < 1.29 is 9.47 Å². The molecule has 2 aromatic rings. The Morgan fingerprint density at radius 2 is 1.61 bits per heavy atom. The van der Waals surface area contributed by atoms with Crippen LogP contribution in [0.1, 0.15) is 18.1 Å². The molecule has 2 N–H and O–H groups in total. The van der Waals surface area contributed by atoms with Gasteiger partial charge in [-0.05, 0) is 29.8 Å². The quantitative estimate of drug-likeness (QED) is 0.306.